The molecule has 0 aliphatic carbocycles. The highest BCUT2D eigenvalue weighted by Gasteiger charge is 2.19. The number of anilines is 1. The Hall–Kier alpha value is -2.30. The first-order valence-corrected chi connectivity index (χ1v) is 6.09. The third kappa shape index (κ3) is 1.33. The quantitative estimate of drug-likeness (QED) is 0.704. The van der Waals surface area contributed by atoms with Crippen molar-refractivity contribution in [3.63, 3.8) is 0 Å². The molecule has 1 aliphatic heterocycles. The molecule has 18 heavy (non-hydrogen) atoms. The van der Waals surface area contributed by atoms with Crippen LogP contribution in [0.2, 0.25) is 0 Å². The maximum atomic E-state index is 4.30. The number of aromatic nitrogens is 4. The molecule has 3 heterocycles. The monoisotopic (exact) mass is 239 g/mol. The second kappa shape index (κ2) is 3.60. The number of para-hydroxylation sites is 1. The van der Waals surface area contributed by atoms with Crippen LogP contribution < -0.4 is 4.90 Å². The first kappa shape index (κ1) is 9.70. The molecule has 0 radical (unpaired) electrons. The molecular formula is C13H13N5. The normalized spacial score (nSPS) is 15.0. The van der Waals surface area contributed by atoms with Crippen LogP contribution >= 0.6 is 0 Å². The molecule has 90 valence electrons. The second-order valence-corrected chi connectivity index (χ2v) is 4.54. The molecule has 2 aromatic heterocycles. The van der Waals surface area contributed by atoms with Crippen LogP contribution in [0.15, 0.2) is 36.8 Å². The van der Waals surface area contributed by atoms with E-state index in [1.54, 1.807) is 6.33 Å². The number of nitrogens with zero attached hydrogens (tertiary/aromatic N) is 4. The van der Waals surface area contributed by atoms with E-state index in [0.717, 1.165) is 25.5 Å². The Morgan fingerprint density at radius 3 is 3.11 bits per heavy atom. The van der Waals surface area contributed by atoms with Gasteiger partial charge in [0, 0.05) is 23.6 Å². The van der Waals surface area contributed by atoms with Gasteiger partial charge in [0.15, 0.2) is 0 Å². The summed E-state index contributed by atoms with van der Waals surface area (Å²) in [6.07, 6.45) is 3.71. The highest BCUT2D eigenvalue weighted by Crippen LogP contribution is 2.28. The lowest BCUT2D eigenvalue weighted by molar-refractivity contribution is 0.513. The standard InChI is InChI=1S/C13H13N5/c1-2-4-11-10(3-1)12(7-14-11)17-5-6-18-13(8-17)15-9-16-18/h1-4,7,9,14H,5-6,8H2. The Morgan fingerprint density at radius 2 is 2.11 bits per heavy atom. The lowest BCUT2D eigenvalue weighted by Crippen LogP contribution is -2.34. The first-order valence-electron chi connectivity index (χ1n) is 6.09. The molecule has 1 aliphatic rings. The summed E-state index contributed by atoms with van der Waals surface area (Å²) in [5.41, 5.74) is 2.43. The zero-order valence-electron chi connectivity index (χ0n) is 9.87. The third-order valence-electron chi connectivity index (χ3n) is 3.52. The molecule has 0 bridgehead atoms. The third-order valence-corrected chi connectivity index (χ3v) is 3.52. The lowest BCUT2D eigenvalue weighted by Gasteiger charge is -2.28. The van der Waals surface area contributed by atoms with Crippen molar-refractivity contribution in [1.29, 1.82) is 0 Å². The number of fused-ring (bicyclic) bond motifs is 2. The fourth-order valence-electron chi connectivity index (χ4n) is 2.59. The molecule has 4 rings (SSSR count). The summed E-state index contributed by atoms with van der Waals surface area (Å²) in [4.78, 5) is 9.97. The van der Waals surface area contributed by atoms with Crippen LogP contribution in [0.5, 0.6) is 0 Å². The maximum absolute atomic E-state index is 4.30. The van der Waals surface area contributed by atoms with E-state index in [1.807, 2.05) is 4.68 Å². The van der Waals surface area contributed by atoms with E-state index in [9.17, 15) is 0 Å². The van der Waals surface area contributed by atoms with Crippen LogP contribution in [0.25, 0.3) is 10.9 Å². The van der Waals surface area contributed by atoms with Gasteiger partial charge in [-0.05, 0) is 6.07 Å². The Kier molecular flexibility index (Phi) is 1.94. The van der Waals surface area contributed by atoms with E-state index in [4.69, 9.17) is 0 Å². The molecule has 0 unspecified atom stereocenters. The number of rotatable bonds is 1. The van der Waals surface area contributed by atoms with Crippen molar-refractivity contribution in [2.75, 3.05) is 11.4 Å². The fourth-order valence-corrected chi connectivity index (χ4v) is 2.59. The van der Waals surface area contributed by atoms with Crippen molar-refractivity contribution in [2.24, 2.45) is 0 Å². The van der Waals surface area contributed by atoms with Gasteiger partial charge in [0.25, 0.3) is 0 Å². The summed E-state index contributed by atoms with van der Waals surface area (Å²) >= 11 is 0. The van der Waals surface area contributed by atoms with E-state index in [-0.39, 0.29) is 0 Å². The molecule has 0 spiro atoms. The highest BCUT2D eigenvalue weighted by atomic mass is 15.4. The maximum Gasteiger partial charge on any atom is 0.146 e. The van der Waals surface area contributed by atoms with Gasteiger partial charge in [0.05, 0.1) is 18.8 Å². The molecular weight excluding hydrogens is 226 g/mol. The van der Waals surface area contributed by atoms with Crippen molar-refractivity contribution in [2.45, 2.75) is 13.1 Å². The fraction of sp³-hybridized carbons (Fsp3) is 0.231. The SMILES string of the molecule is c1ccc2c(N3CCn4ncnc4C3)c[nH]c2c1. The van der Waals surface area contributed by atoms with E-state index < -0.39 is 0 Å². The largest absolute Gasteiger partial charge is 0.360 e. The molecule has 0 saturated carbocycles. The van der Waals surface area contributed by atoms with Crippen molar-refractivity contribution in [1.82, 2.24) is 19.7 Å². The number of H-pyrrole nitrogens is 1. The number of hydrogen-bond acceptors (Lipinski definition) is 3. The Labute approximate surface area is 104 Å². The van der Waals surface area contributed by atoms with Crippen molar-refractivity contribution in [3.05, 3.63) is 42.6 Å². The summed E-state index contributed by atoms with van der Waals surface area (Å²) in [5.74, 6) is 1.03. The molecule has 3 aromatic rings. The summed E-state index contributed by atoms with van der Waals surface area (Å²) in [7, 11) is 0. The van der Waals surface area contributed by atoms with Gasteiger partial charge in [-0.2, -0.15) is 5.10 Å². The predicted octanol–water partition coefficient (Wildman–Crippen LogP) is 1.78. The summed E-state index contributed by atoms with van der Waals surface area (Å²) < 4.78 is 1.98. The van der Waals surface area contributed by atoms with Gasteiger partial charge in [0.1, 0.15) is 12.2 Å². The minimum absolute atomic E-state index is 0.821. The van der Waals surface area contributed by atoms with Crippen LogP contribution in [0.1, 0.15) is 5.82 Å². The smallest absolute Gasteiger partial charge is 0.146 e. The highest BCUT2D eigenvalue weighted by molar-refractivity contribution is 5.92. The van der Waals surface area contributed by atoms with Gasteiger partial charge in [-0.25, -0.2) is 9.67 Å². The zero-order chi connectivity index (χ0) is 11.9. The van der Waals surface area contributed by atoms with Gasteiger partial charge in [-0.3, -0.25) is 0 Å². The molecule has 1 N–H and O–H groups in total. The Bertz CT molecular complexity index is 696. The number of benzene rings is 1. The average Bonchev–Trinajstić information content (AvgIpc) is 3.04. The van der Waals surface area contributed by atoms with Crippen molar-refractivity contribution >= 4 is 16.6 Å². The number of nitrogens with one attached hydrogen (secondary N) is 1. The van der Waals surface area contributed by atoms with E-state index in [2.05, 4.69) is 50.4 Å². The lowest BCUT2D eigenvalue weighted by atomic mass is 10.2. The van der Waals surface area contributed by atoms with Gasteiger partial charge in [0.2, 0.25) is 0 Å². The molecule has 5 heteroatoms. The topological polar surface area (TPSA) is 49.7 Å². The van der Waals surface area contributed by atoms with Crippen LogP contribution in [0, 0.1) is 0 Å². The predicted molar refractivity (Wildman–Crippen MR) is 69.4 cm³/mol. The average molecular weight is 239 g/mol. The second-order valence-electron chi connectivity index (χ2n) is 4.54. The number of hydrogen-bond donors (Lipinski definition) is 1. The molecule has 0 saturated heterocycles. The zero-order valence-corrected chi connectivity index (χ0v) is 9.87. The number of aromatic amines is 1. The van der Waals surface area contributed by atoms with Crippen LogP contribution in [-0.4, -0.2) is 26.3 Å². The summed E-state index contributed by atoms with van der Waals surface area (Å²) in [6.45, 7) is 2.69. The Morgan fingerprint density at radius 1 is 1.17 bits per heavy atom. The van der Waals surface area contributed by atoms with E-state index in [0.29, 0.717) is 0 Å². The van der Waals surface area contributed by atoms with E-state index >= 15 is 0 Å². The van der Waals surface area contributed by atoms with Gasteiger partial charge in [-0.15, -0.1) is 0 Å². The molecule has 0 atom stereocenters. The van der Waals surface area contributed by atoms with Crippen LogP contribution in [0.4, 0.5) is 5.69 Å². The van der Waals surface area contributed by atoms with Crippen molar-refractivity contribution < 1.29 is 0 Å². The van der Waals surface area contributed by atoms with Gasteiger partial charge >= 0.3 is 0 Å². The Balaban J connectivity index is 1.76. The summed E-state index contributed by atoms with van der Waals surface area (Å²) in [6, 6.07) is 8.38. The van der Waals surface area contributed by atoms with Crippen molar-refractivity contribution in [3.8, 4) is 0 Å². The molecule has 1 aromatic carbocycles. The first-order chi connectivity index (χ1) is 8.92. The molecule has 5 nitrogen and oxygen atoms in total. The molecule has 0 fully saturated rings. The minimum atomic E-state index is 0.821. The van der Waals surface area contributed by atoms with E-state index in [1.165, 1.54) is 16.6 Å². The van der Waals surface area contributed by atoms with Crippen LogP contribution in [-0.2, 0) is 13.1 Å². The van der Waals surface area contributed by atoms with Gasteiger partial charge in [-0.1, -0.05) is 18.2 Å². The summed E-state index contributed by atoms with van der Waals surface area (Å²) in [5, 5.41) is 5.47. The van der Waals surface area contributed by atoms with Crippen LogP contribution in [0.3, 0.4) is 0 Å². The molecule has 0 amide bonds. The minimum Gasteiger partial charge on any atom is -0.360 e. The van der Waals surface area contributed by atoms with Gasteiger partial charge < -0.3 is 9.88 Å².